The Morgan fingerprint density at radius 1 is 1.36 bits per heavy atom. The van der Waals surface area contributed by atoms with Gasteiger partial charge in [-0.15, -0.1) is 0 Å². The fourth-order valence-corrected chi connectivity index (χ4v) is 4.14. The van der Waals surface area contributed by atoms with Crippen molar-refractivity contribution in [1.29, 1.82) is 0 Å². The van der Waals surface area contributed by atoms with E-state index in [-0.39, 0.29) is 36.3 Å². The van der Waals surface area contributed by atoms with Crippen LogP contribution in [0.2, 0.25) is 0 Å². The lowest BCUT2D eigenvalue weighted by Crippen LogP contribution is -2.51. The van der Waals surface area contributed by atoms with E-state index in [0.29, 0.717) is 6.04 Å². The van der Waals surface area contributed by atoms with Crippen molar-refractivity contribution in [1.82, 2.24) is 10.2 Å². The van der Waals surface area contributed by atoms with Crippen molar-refractivity contribution in [3.8, 4) is 0 Å². The Labute approximate surface area is 130 Å². The lowest BCUT2D eigenvalue weighted by atomic mass is 9.75. The van der Waals surface area contributed by atoms with E-state index in [1.54, 1.807) is 7.11 Å². The van der Waals surface area contributed by atoms with Crippen LogP contribution in [0.5, 0.6) is 0 Å². The van der Waals surface area contributed by atoms with Crippen molar-refractivity contribution >= 4 is 5.91 Å². The van der Waals surface area contributed by atoms with Crippen molar-refractivity contribution < 1.29 is 13.9 Å². The number of amides is 1. The molecule has 4 atom stereocenters. The Kier molecular flexibility index (Phi) is 4.45. The molecule has 2 heterocycles. The molecule has 5 heteroatoms. The molecule has 4 nitrogen and oxygen atoms in total. The van der Waals surface area contributed by atoms with Crippen LogP contribution in [0.4, 0.5) is 4.39 Å². The quantitative estimate of drug-likeness (QED) is 0.866. The smallest absolute Gasteiger partial charge is 0.227 e. The van der Waals surface area contributed by atoms with Crippen LogP contribution in [0, 0.1) is 11.7 Å². The maximum Gasteiger partial charge on any atom is 0.227 e. The molecule has 2 saturated heterocycles. The van der Waals surface area contributed by atoms with Crippen LogP contribution in [0.25, 0.3) is 0 Å². The predicted octanol–water partition coefficient (Wildman–Crippen LogP) is 2.11. The molecule has 1 aromatic carbocycles. The summed E-state index contributed by atoms with van der Waals surface area (Å²) in [6.07, 6.45) is 3.13. The van der Waals surface area contributed by atoms with Crippen LogP contribution in [0.1, 0.15) is 30.7 Å². The Morgan fingerprint density at radius 3 is 2.77 bits per heavy atom. The maximum atomic E-state index is 13.2. The molecule has 0 unspecified atom stereocenters. The number of fused-ring (bicyclic) bond motifs is 2. The van der Waals surface area contributed by atoms with Gasteiger partial charge in [-0.3, -0.25) is 9.69 Å². The molecule has 0 spiro atoms. The standard InChI is InChI=1S/C17H23FN2O2/c1-20-13-7-8-15(20)16(17(21)19-10-22-2)14(9-13)11-3-5-12(18)6-4-11/h3-6,13-16H,7-10H2,1-2H3,(H,19,21)/t13-,14-,15+,16-/m0/s1. The van der Waals surface area contributed by atoms with Gasteiger partial charge in [-0.25, -0.2) is 4.39 Å². The molecular weight excluding hydrogens is 283 g/mol. The molecule has 2 bridgehead atoms. The largest absolute Gasteiger partial charge is 0.364 e. The van der Waals surface area contributed by atoms with Gasteiger partial charge in [0.25, 0.3) is 0 Å². The summed E-state index contributed by atoms with van der Waals surface area (Å²) >= 11 is 0. The first kappa shape index (κ1) is 15.4. The number of nitrogens with zero attached hydrogens (tertiary/aromatic N) is 1. The van der Waals surface area contributed by atoms with Gasteiger partial charge in [0.05, 0.1) is 5.92 Å². The SMILES string of the molecule is COCNC(=O)[C@@H]1[C@H]2CC[C@@H](C[C@H]1c1ccc(F)cc1)N2C. The molecule has 1 amide bonds. The average molecular weight is 306 g/mol. The molecule has 2 aliphatic heterocycles. The van der Waals surface area contributed by atoms with Gasteiger partial charge in [-0.2, -0.15) is 0 Å². The van der Waals surface area contributed by atoms with Crippen LogP contribution in [-0.4, -0.2) is 43.8 Å². The molecule has 2 fully saturated rings. The second-order valence-corrected chi connectivity index (χ2v) is 6.36. The summed E-state index contributed by atoms with van der Waals surface area (Å²) in [5.74, 6) is -0.163. The predicted molar refractivity (Wildman–Crippen MR) is 81.8 cm³/mol. The lowest BCUT2D eigenvalue weighted by Gasteiger charge is -2.42. The molecule has 1 aromatic rings. The number of carbonyl (C=O) groups is 1. The number of hydrogen-bond donors (Lipinski definition) is 1. The zero-order chi connectivity index (χ0) is 15.7. The van der Waals surface area contributed by atoms with E-state index in [1.165, 1.54) is 12.1 Å². The van der Waals surface area contributed by atoms with Crippen LogP contribution in [0.15, 0.2) is 24.3 Å². The zero-order valence-corrected chi connectivity index (χ0v) is 13.1. The highest BCUT2D eigenvalue weighted by Gasteiger charge is 2.48. The minimum absolute atomic E-state index is 0.0355. The third-order valence-electron chi connectivity index (χ3n) is 5.26. The highest BCUT2D eigenvalue weighted by atomic mass is 19.1. The second kappa shape index (κ2) is 6.34. The number of nitrogens with one attached hydrogen (secondary N) is 1. The van der Waals surface area contributed by atoms with E-state index in [9.17, 15) is 9.18 Å². The van der Waals surface area contributed by atoms with Gasteiger partial charge in [-0.1, -0.05) is 12.1 Å². The number of benzene rings is 1. The second-order valence-electron chi connectivity index (χ2n) is 6.36. The van der Waals surface area contributed by atoms with Crippen LogP contribution >= 0.6 is 0 Å². The average Bonchev–Trinajstić information content (AvgIpc) is 2.75. The third-order valence-corrected chi connectivity index (χ3v) is 5.26. The molecule has 2 aliphatic rings. The highest BCUT2D eigenvalue weighted by molar-refractivity contribution is 5.80. The molecule has 0 aromatic heterocycles. The van der Waals surface area contributed by atoms with Crippen molar-refractivity contribution in [2.45, 2.75) is 37.3 Å². The van der Waals surface area contributed by atoms with Gasteiger partial charge in [0.1, 0.15) is 12.5 Å². The highest BCUT2D eigenvalue weighted by Crippen LogP contribution is 2.46. The van der Waals surface area contributed by atoms with E-state index in [2.05, 4.69) is 17.3 Å². The van der Waals surface area contributed by atoms with Gasteiger partial charge in [0, 0.05) is 19.2 Å². The minimum Gasteiger partial charge on any atom is -0.364 e. The van der Waals surface area contributed by atoms with Crippen LogP contribution in [-0.2, 0) is 9.53 Å². The van der Waals surface area contributed by atoms with Crippen LogP contribution < -0.4 is 5.32 Å². The number of carbonyl (C=O) groups excluding carboxylic acids is 1. The van der Waals surface area contributed by atoms with Gasteiger partial charge in [-0.05, 0) is 49.9 Å². The molecule has 3 rings (SSSR count). The van der Waals surface area contributed by atoms with Gasteiger partial charge < -0.3 is 10.1 Å². The Morgan fingerprint density at radius 2 is 2.09 bits per heavy atom. The van der Waals surface area contributed by atoms with Crippen molar-refractivity contribution in [3.63, 3.8) is 0 Å². The Hall–Kier alpha value is -1.46. The minimum atomic E-state index is -0.236. The molecule has 0 aliphatic carbocycles. The number of rotatable bonds is 4. The summed E-state index contributed by atoms with van der Waals surface area (Å²) < 4.78 is 18.2. The summed E-state index contributed by atoms with van der Waals surface area (Å²) in [5, 5.41) is 2.85. The molecular formula is C17H23FN2O2. The number of ether oxygens (including phenoxy) is 1. The monoisotopic (exact) mass is 306 g/mol. The molecule has 120 valence electrons. The first-order valence-corrected chi connectivity index (χ1v) is 7.86. The normalized spacial score (nSPS) is 31.2. The van der Waals surface area contributed by atoms with E-state index < -0.39 is 0 Å². The summed E-state index contributed by atoms with van der Waals surface area (Å²) in [6, 6.07) is 7.39. The first-order valence-electron chi connectivity index (χ1n) is 7.86. The topological polar surface area (TPSA) is 41.6 Å². The molecule has 1 N–H and O–H groups in total. The summed E-state index contributed by atoms with van der Waals surface area (Å²) in [5.41, 5.74) is 1.06. The lowest BCUT2D eigenvalue weighted by molar-refractivity contribution is -0.130. The van der Waals surface area contributed by atoms with Gasteiger partial charge >= 0.3 is 0 Å². The molecule has 22 heavy (non-hydrogen) atoms. The van der Waals surface area contributed by atoms with Gasteiger partial charge in [0.2, 0.25) is 5.91 Å². The fourth-order valence-electron chi connectivity index (χ4n) is 4.14. The summed E-state index contributed by atoms with van der Waals surface area (Å²) in [7, 11) is 3.68. The first-order chi connectivity index (χ1) is 10.6. The summed E-state index contributed by atoms with van der Waals surface area (Å²) in [4.78, 5) is 15.0. The van der Waals surface area contributed by atoms with Crippen molar-refractivity contribution in [2.75, 3.05) is 20.9 Å². The van der Waals surface area contributed by atoms with Crippen molar-refractivity contribution in [2.24, 2.45) is 5.92 Å². The van der Waals surface area contributed by atoms with E-state index in [4.69, 9.17) is 4.74 Å². The van der Waals surface area contributed by atoms with E-state index in [0.717, 1.165) is 24.8 Å². The Bertz CT molecular complexity index is 534. The number of halogens is 1. The Balaban J connectivity index is 1.88. The number of piperidine rings is 1. The molecule has 0 radical (unpaired) electrons. The van der Waals surface area contributed by atoms with Gasteiger partial charge in [0.15, 0.2) is 0 Å². The maximum absolute atomic E-state index is 13.2. The number of hydrogen-bond acceptors (Lipinski definition) is 3. The third kappa shape index (κ3) is 2.75. The van der Waals surface area contributed by atoms with E-state index in [1.807, 2.05) is 12.1 Å². The number of methoxy groups -OCH3 is 1. The molecule has 0 saturated carbocycles. The summed E-state index contributed by atoms with van der Waals surface area (Å²) in [6.45, 7) is 0.228. The van der Waals surface area contributed by atoms with Crippen molar-refractivity contribution in [3.05, 3.63) is 35.6 Å². The van der Waals surface area contributed by atoms with Crippen LogP contribution in [0.3, 0.4) is 0 Å². The zero-order valence-electron chi connectivity index (χ0n) is 13.1. The fraction of sp³-hybridized carbons (Fsp3) is 0.588. The van der Waals surface area contributed by atoms with E-state index >= 15 is 0 Å².